The molecule has 1 aliphatic rings. The minimum Gasteiger partial charge on any atom is -0.497 e. The van der Waals surface area contributed by atoms with E-state index in [0.29, 0.717) is 18.7 Å². The molecule has 1 fully saturated rings. The zero-order valence-electron chi connectivity index (χ0n) is 20.2. The first-order valence-corrected chi connectivity index (χ1v) is 11.8. The van der Waals surface area contributed by atoms with Crippen molar-refractivity contribution in [3.8, 4) is 11.5 Å². The number of nitrogens with one attached hydrogen (secondary N) is 1. The molecule has 0 aromatic heterocycles. The number of ether oxygens (including phenoxy) is 2. The van der Waals surface area contributed by atoms with Crippen molar-refractivity contribution in [3.05, 3.63) is 59.2 Å². The molecule has 33 heavy (non-hydrogen) atoms. The maximum Gasteiger partial charge on any atom is 0.261 e. The van der Waals surface area contributed by atoms with E-state index in [-0.39, 0.29) is 24.5 Å². The fraction of sp³-hybridized carbons (Fsp3) is 0.481. The summed E-state index contributed by atoms with van der Waals surface area (Å²) in [6.45, 7) is 6.11. The van der Waals surface area contributed by atoms with Gasteiger partial charge in [0.15, 0.2) is 6.61 Å². The maximum atomic E-state index is 13.4. The van der Waals surface area contributed by atoms with Crippen LogP contribution in [0.5, 0.6) is 11.5 Å². The number of carbonyl (C=O) groups excluding carboxylic acids is 2. The van der Waals surface area contributed by atoms with Gasteiger partial charge in [0, 0.05) is 12.6 Å². The Morgan fingerprint density at radius 1 is 1.12 bits per heavy atom. The lowest BCUT2D eigenvalue weighted by molar-refractivity contribution is -0.143. The Kier molecular flexibility index (Phi) is 8.75. The Labute approximate surface area is 197 Å². The SMILES string of the molecule is CCC(C(=O)NC1CCCC1)N(Cc1cccc(OC)c1)C(=O)COc1ccc(C)cc1C. The minimum atomic E-state index is -0.563. The predicted octanol–water partition coefficient (Wildman–Crippen LogP) is 4.56. The molecule has 1 aliphatic carbocycles. The number of hydrogen-bond donors (Lipinski definition) is 1. The van der Waals surface area contributed by atoms with Gasteiger partial charge in [-0.2, -0.15) is 0 Å². The fourth-order valence-electron chi connectivity index (χ4n) is 4.44. The molecule has 1 saturated carbocycles. The lowest BCUT2D eigenvalue weighted by atomic mass is 10.1. The smallest absolute Gasteiger partial charge is 0.261 e. The van der Waals surface area contributed by atoms with Crippen molar-refractivity contribution in [3.63, 3.8) is 0 Å². The summed E-state index contributed by atoms with van der Waals surface area (Å²) in [6, 6.07) is 13.1. The van der Waals surface area contributed by atoms with Gasteiger partial charge >= 0.3 is 0 Å². The molecule has 6 nitrogen and oxygen atoms in total. The Bertz CT molecular complexity index is 953. The van der Waals surface area contributed by atoms with Crippen molar-refractivity contribution < 1.29 is 19.1 Å². The summed E-state index contributed by atoms with van der Waals surface area (Å²) in [5.41, 5.74) is 3.02. The second kappa shape index (κ2) is 11.7. The van der Waals surface area contributed by atoms with Gasteiger partial charge in [0.2, 0.25) is 5.91 Å². The van der Waals surface area contributed by atoms with Gasteiger partial charge in [-0.15, -0.1) is 0 Å². The van der Waals surface area contributed by atoms with Crippen LogP contribution >= 0.6 is 0 Å². The molecule has 1 unspecified atom stereocenters. The number of carbonyl (C=O) groups is 2. The van der Waals surface area contributed by atoms with Crippen molar-refractivity contribution >= 4 is 11.8 Å². The molecule has 0 heterocycles. The molecule has 0 radical (unpaired) electrons. The van der Waals surface area contributed by atoms with Crippen molar-refractivity contribution in [2.75, 3.05) is 13.7 Å². The molecule has 1 N–H and O–H groups in total. The third-order valence-electron chi connectivity index (χ3n) is 6.26. The van der Waals surface area contributed by atoms with E-state index in [1.807, 2.05) is 63.2 Å². The van der Waals surface area contributed by atoms with Crippen LogP contribution in [0, 0.1) is 13.8 Å². The van der Waals surface area contributed by atoms with Gasteiger partial charge in [-0.1, -0.05) is 49.6 Å². The van der Waals surface area contributed by atoms with Crippen LogP contribution in [0.15, 0.2) is 42.5 Å². The molecule has 2 aromatic carbocycles. The van der Waals surface area contributed by atoms with Crippen molar-refractivity contribution in [1.82, 2.24) is 10.2 Å². The molecule has 0 bridgehead atoms. The molecule has 3 rings (SSSR count). The summed E-state index contributed by atoms with van der Waals surface area (Å²) in [5, 5.41) is 3.16. The topological polar surface area (TPSA) is 67.9 Å². The molecule has 178 valence electrons. The second-order valence-corrected chi connectivity index (χ2v) is 8.84. The molecule has 2 amide bonds. The van der Waals surface area contributed by atoms with Crippen LogP contribution in [0.4, 0.5) is 0 Å². The monoisotopic (exact) mass is 452 g/mol. The highest BCUT2D eigenvalue weighted by atomic mass is 16.5. The maximum absolute atomic E-state index is 13.4. The Morgan fingerprint density at radius 3 is 2.55 bits per heavy atom. The van der Waals surface area contributed by atoms with E-state index >= 15 is 0 Å². The van der Waals surface area contributed by atoms with Gasteiger partial charge in [0.25, 0.3) is 5.91 Å². The predicted molar refractivity (Wildman–Crippen MR) is 129 cm³/mol. The average molecular weight is 453 g/mol. The van der Waals surface area contributed by atoms with Crippen LogP contribution in [-0.2, 0) is 16.1 Å². The molecule has 0 saturated heterocycles. The standard InChI is InChI=1S/C27H36N2O4/c1-5-24(27(31)28-22-10-6-7-11-22)29(17-21-9-8-12-23(16-21)32-4)26(30)18-33-25-14-13-19(2)15-20(25)3/h8-9,12-16,22,24H,5-7,10-11,17-18H2,1-4H3,(H,28,31). The van der Waals surface area contributed by atoms with Crippen molar-refractivity contribution in [2.24, 2.45) is 0 Å². The number of benzene rings is 2. The first-order valence-electron chi connectivity index (χ1n) is 11.8. The minimum absolute atomic E-state index is 0.0906. The Morgan fingerprint density at radius 2 is 1.88 bits per heavy atom. The van der Waals surface area contributed by atoms with Crippen molar-refractivity contribution in [2.45, 2.75) is 71.5 Å². The summed E-state index contributed by atoms with van der Waals surface area (Å²) in [5.74, 6) is 1.09. The van der Waals surface area contributed by atoms with Gasteiger partial charge in [-0.3, -0.25) is 9.59 Å². The Hall–Kier alpha value is -3.02. The molecular weight excluding hydrogens is 416 g/mol. The molecule has 1 atom stereocenters. The first-order chi connectivity index (χ1) is 15.9. The van der Waals surface area contributed by atoms with E-state index in [1.54, 1.807) is 12.0 Å². The number of hydrogen-bond acceptors (Lipinski definition) is 4. The quantitative estimate of drug-likeness (QED) is 0.574. The van der Waals surface area contributed by atoms with Gasteiger partial charge in [-0.25, -0.2) is 0 Å². The van der Waals surface area contributed by atoms with E-state index in [9.17, 15) is 9.59 Å². The van der Waals surface area contributed by atoms with Crippen LogP contribution in [0.3, 0.4) is 0 Å². The Balaban J connectivity index is 1.79. The molecule has 0 spiro atoms. The van der Waals surface area contributed by atoms with Gasteiger partial charge in [-0.05, 0) is 62.4 Å². The molecular formula is C27H36N2O4. The van der Waals surface area contributed by atoms with E-state index in [4.69, 9.17) is 9.47 Å². The number of aryl methyl sites for hydroxylation is 2. The first kappa shape index (κ1) is 24.6. The zero-order chi connectivity index (χ0) is 23.8. The average Bonchev–Trinajstić information content (AvgIpc) is 3.31. The summed E-state index contributed by atoms with van der Waals surface area (Å²) >= 11 is 0. The van der Waals surface area contributed by atoms with E-state index < -0.39 is 6.04 Å². The highest BCUT2D eigenvalue weighted by molar-refractivity contribution is 5.88. The zero-order valence-corrected chi connectivity index (χ0v) is 20.2. The summed E-state index contributed by atoms with van der Waals surface area (Å²) in [7, 11) is 1.61. The summed E-state index contributed by atoms with van der Waals surface area (Å²) < 4.78 is 11.2. The van der Waals surface area contributed by atoms with E-state index in [0.717, 1.165) is 48.1 Å². The molecule has 0 aliphatic heterocycles. The third kappa shape index (κ3) is 6.73. The van der Waals surface area contributed by atoms with Crippen LogP contribution in [0.2, 0.25) is 0 Å². The number of amides is 2. The van der Waals surface area contributed by atoms with Crippen molar-refractivity contribution in [1.29, 1.82) is 0 Å². The molecule has 6 heteroatoms. The van der Waals surface area contributed by atoms with E-state index in [1.165, 1.54) is 0 Å². The number of nitrogens with zero attached hydrogens (tertiary/aromatic N) is 1. The highest BCUT2D eigenvalue weighted by Crippen LogP contribution is 2.22. The molecule has 2 aromatic rings. The van der Waals surface area contributed by atoms with Crippen LogP contribution in [0.1, 0.15) is 55.7 Å². The summed E-state index contributed by atoms with van der Waals surface area (Å²) in [4.78, 5) is 28.2. The number of methoxy groups -OCH3 is 1. The largest absolute Gasteiger partial charge is 0.497 e. The third-order valence-corrected chi connectivity index (χ3v) is 6.26. The summed E-state index contributed by atoms with van der Waals surface area (Å²) in [6.07, 6.45) is 4.80. The van der Waals surface area contributed by atoms with Crippen LogP contribution in [0.25, 0.3) is 0 Å². The van der Waals surface area contributed by atoms with Gasteiger partial charge < -0.3 is 19.7 Å². The highest BCUT2D eigenvalue weighted by Gasteiger charge is 2.31. The van der Waals surface area contributed by atoms with Gasteiger partial charge in [0.1, 0.15) is 17.5 Å². The van der Waals surface area contributed by atoms with E-state index in [2.05, 4.69) is 5.32 Å². The lowest BCUT2D eigenvalue weighted by Gasteiger charge is -2.31. The number of rotatable bonds is 10. The fourth-order valence-corrected chi connectivity index (χ4v) is 4.44. The van der Waals surface area contributed by atoms with Crippen LogP contribution in [-0.4, -0.2) is 42.5 Å². The van der Waals surface area contributed by atoms with Crippen LogP contribution < -0.4 is 14.8 Å². The lowest BCUT2D eigenvalue weighted by Crippen LogP contribution is -2.52. The van der Waals surface area contributed by atoms with Gasteiger partial charge in [0.05, 0.1) is 7.11 Å². The second-order valence-electron chi connectivity index (χ2n) is 8.84. The normalized spacial score (nSPS) is 14.5.